The number of halogens is 3. The number of nitrogen functional groups attached to an aromatic ring is 1. The summed E-state index contributed by atoms with van der Waals surface area (Å²) in [5.41, 5.74) is 8.51. The van der Waals surface area contributed by atoms with Crippen LogP contribution in [0.15, 0.2) is 102 Å². The second kappa shape index (κ2) is 12.6. The van der Waals surface area contributed by atoms with Crippen molar-refractivity contribution in [1.82, 2.24) is 5.32 Å². The molecule has 0 saturated carbocycles. The van der Waals surface area contributed by atoms with Gasteiger partial charge in [0.05, 0.1) is 16.9 Å². The largest absolute Gasteiger partial charge is 0.416 e. The zero-order chi connectivity index (χ0) is 28.7. The fourth-order valence-electron chi connectivity index (χ4n) is 3.84. The lowest BCUT2D eigenvalue weighted by Gasteiger charge is -2.12. The molecule has 9 heteroatoms. The topological polar surface area (TPSA) is 84.2 Å². The predicted molar refractivity (Wildman–Crippen MR) is 155 cm³/mol. The van der Waals surface area contributed by atoms with E-state index in [0.717, 1.165) is 28.2 Å². The molecule has 0 heterocycles. The lowest BCUT2D eigenvalue weighted by atomic mass is 10.00. The fourth-order valence-corrected chi connectivity index (χ4v) is 4.25. The highest BCUT2D eigenvalue weighted by Crippen LogP contribution is 2.30. The molecule has 0 unspecified atom stereocenters. The van der Waals surface area contributed by atoms with Gasteiger partial charge >= 0.3 is 6.18 Å². The summed E-state index contributed by atoms with van der Waals surface area (Å²) in [5.74, 6) is -0.774. The summed E-state index contributed by atoms with van der Waals surface area (Å²) in [6.45, 7) is 0.149. The molecule has 0 aromatic heterocycles. The number of benzene rings is 4. The van der Waals surface area contributed by atoms with E-state index < -0.39 is 17.6 Å². The number of anilines is 2. The monoisotopic (exact) mass is 561 g/mol. The van der Waals surface area contributed by atoms with Crippen LogP contribution in [0.25, 0.3) is 11.6 Å². The number of amides is 2. The maximum absolute atomic E-state index is 13.3. The number of carbonyl (C=O) groups is 2. The number of thioether (sulfide) groups is 1. The molecule has 4 aromatic carbocycles. The molecule has 40 heavy (non-hydrogen) atoms. The second-order valence-electron chi connectivity index (χ2n) is 8.83. The summed E-state index contributed by atoms with van der Waals surface area (Å²) in [6.07, 6.45) is -0.885. The van der Waals surface area contributed by atoms with E-state index in [0.29, 0.717) is 22.5 Å². The Labute approximate surface area is 234 Å². The van der Waals surface area contributed by atoms with Crippen molar-refractivity contribution in [3.8, 4) is 0 Å². The minimum atomic E-state index is -4.48. The Morgan fingerprint density at radius 1 is 0.850 bits per heavy atom. The third kappa shape index (κ3) is 7.33. The number of rotatable bonds is 8. The smallest absolute Gasteiger partial charge is 0.397 e. The van der Waals surface area contributed by atoms with E-state index in [1.54, 1.807) is 66.4 Å². The molecular weight excluding hydrogens is 535 g/mol. The SMILES string of the molecule is CSc1ccc(C=C(C(=O)NCc2ccc(C(=O)Nc3ccccc3N)cc2)c2ccc(C(F)(F)F)cc2)cc1. The highest BCUT2D eigenvalue weighted by Gasteiger charge is 2.30. The third-order valence-electron chi connectivity index (χ3n) is 6.07. The maximum Gasteiger partial charge on any atom is 0.416 e. The van der Waals surface area contributed by atoms with Gasteiger partial charge in [-0.25, -0.2) is 0 Å². The summed E-state index contributed by atoms with van der Waals surface area (Å²) < 4.78 is 39.3. The van der Waals surface area contributed by atoms with Gasteiger partial charge in [0.1, 0.15) is 0 Å². The molecular formula is C31H26F3N3O2S. The van der Waals surface area contributed by atoms with Crippen LogP contribution < -0.4 is 16.4 Å². The quantitative estimate of drug-likeness (QED) is 0.0926. The van der Waals surface area contributed by atoms with Gasteiger partial charge in [-0.05, 0) is 77.6 Å². The van der Waals surface area contributed by atoms with Crippen LogP contribution >= 0.6 is 11.8 Å². The number of para-hydroxylation sites is 2. The molecule has 2 amide bonds. The van der Waals surface area contributed by atoms with Crippen LogP contribution in [0, 0.1) is 0 Å². The second-order valence-corrected chi connectivity index (χ2v) is 9.71. The van der Waals surface area contributed by atoms with E-state index in [9.17, 15) is 22.8 Å². The number of nitrogens with one attached hydrogen (secondary N) is 2. The zero-order valence-corrected chi connectivity index (χ0v) is 22.3. The van der Waals surface area contributed by atoms with E-state index in [-0.39, 0.29) is 18.0 Å². The van der Waals surface area contributed by atoms with Gasteiger partial charge in [0.25, 0.3) is 11.8 Å². The van der Waals surface area contributed by atoms with Crippen LogP contribution in [0.2, 0.25) is 0 Å². The van der Waals surface area contributed by atoms with Gasteiger partial charge in [0.2, 0.25) is 0 Å². The Hall–Kier alpha value is -4.50. The standard InChI is InChI=1S/C31H26F3N3O2S/c1-40-25-16-8-20(9-17-25)18-26(22-12-14-24(15-13-22)31(32,33)34)30(39)36-19-21-6-10-23(11-7-21)29(38)37-28-5-3-2-4-27(28)35/h2-18H,19,35H2,1H3,(H,36,39)(H,37,38). The van der Waals surface area contributed by atoms with Crippen molar-refractivity contribution >= 4 is 46.6 Å². The van der Waals surface area contributed by atoms with Crippen LogP contribution in [0.1, 0.15) is 32.6 Å². The molecule has 0 aliphatic carbocycles. The molecule has 4 rings (SSSR count). The van der Waals surface area contributed by atoms with Crippen molar-refractivity contribution in [3.05, 3.63) is 125 Å². The van der Waals surface area contributed by atoms with Crippen LogP contribution in [-0.4, -0.2) is 18.1 Å². The average molecular weight is 562 g/mol. The number of nitrogens with two attached hydrogens (primary N) is 1. The minimum absolute atomic E-state index is 0.149. The first-order chi connectivity index (χ1) is 19.1. The Kier molecular flexibility index (Phi) is 8.96. The number of hydrogen-bond acceptors (Lipinski definition) is 4. The Morgan fingerprint density at radius 2 is 1.48 bits per heavy atom. The third-order valence-corrected chi connectivity index (χ3v) is 6.82. The molecule has 4 aromatic rings. The number of carbonyl (C=O) groups excluding carboxylic acids is 2. The van der Waals surface area contributed by atoms with E-state index in [1.165, 1.54) is 12.1 Å². The van der Waals surface area contributed by atoms with Gasteiger partial charge in [-0.2, -0.15) is 13.2 Å². The van der Waals surface area contributed by atoms with Gasteiger partial charge in [-0.1, -0.05) is 48.5 Å². The summed E-state index contributed by atoms with van der Waals surface area (Å²) in [6, 6.07) is 25.6. The first-order valence-corrected chi connectivity index (χ1v) is 13.4. The van der Waals surface area contributed by atoms with E-state index in [1.807, 2.05) is 30.5 Å². The van der Waals surface area contributed by atoms with Gasteiger partial charge in [0, 0.05) is 22.6 Å². The van der Waals surface area contributed by atoms with Crippen LogP contribution in [0.4, 0.5) is 24.5 Å². The number of alkyl halides is 3. The van der Waals surface area contributed by atoms with Gasteiger partial charge < -0.3 is 16.4 Å². The predicted octanol–water partition coefficient (Wildman–Crippen LogP) is 7.12. The lowest BCUT2D eigenvalue weighted by molar-refractivity contribution is -0.137. The molecule has 0 aliphatic rings. The molecule has 0 radical (unpaired) electrons. The number of hydrogen-bond donors (Lipinski definition) is 3. The first-order valence-electron chi connectivity index (χ1n) is 12.2. The van der Waals surface area contributed by atoms with Crippen molar-refractivity contribution < 1.29 is 22.8 Å². The summed E-state index contributed by atoms with van der Waals surface area (Å²) >= 11 is 1.58. The highest BCUT2D eigenvalue weighted by molar-refractivity contribution is 7.98. The Balaban J connectivity index is 1.49. The Bertz CT molecular complexity index is 1520. The minimum Gasteiger partial charge on any atom is -0.397 e. The van der Waals surface area contributed by atoms with Crippen LogP contribution in [0.5, 0.6) is 0 Å². The molecule has 0 saturated heterocycles. The van der Waals surface area contributed by atoms with E-state index in [2.05, 4.69) is 10.6 Å². The van der Waals surface area contributed by atoms with Crippen LogP contribution in [-0.2, 0) is 17.5 Å². The van der Waals surface area contributed by atoms with Crippen molar-refractivity contribution in [3.63, 3.8) is 0 Å². The van der Waals surface area contributed by atoms with Crippen molar-refractivity contribution in [2.24, 2.45) is 0 Å². The van der Waals surface area contributed by atoms with Gasteiger partial charge in [0.15, 0.2) is 0 Å². The molecule has 0 spiro atoms. The summed E-state index contributed by atoms with van der Waals surface area (Å²) in [7, 11) is 0. The zero-order valence-electron chi connectivity index (χ0n) is 21.5. The molecule has 204 valence electrons. The van der Waals surface area contributed by atoms with Gasteiger partial charge in [-0.15, -0.1) is 11.8 Å². The molecule has 5 nitrogen and oxygen atoms in total. The molecule has 0 aliphatic heterocycles. The fraction of sp³-hybridized carbons (Fsp3) is 0.0968. The lowest BCUT2D eigenvalue weighted by Crippen LogP contribution is -2.24. The van der Waals surface area contributed by atoms with Crippen molar-refractivity contribution in [2.75, 3.05) is 17.3 Å². The maximum atomic E-state index is 13.3. The normalized spacial score (nSPS) is 11.7. The van der Waals surface area contributed by atoms with E-state index >= 15 is 0 Å². The summed E-state index contributed by atoms with van der Waals surface area (Å²) in [4.78, 5) is 26.9. The Morgan fingerprint density at radius 3 is 2.08 bits per heavy atom. The van der Waals surface area contributed by atoms with Crippen molar-refractivity contribution in [2.45, 2.75) is 17.6 Å². The van der Waals surface area contributed by atoms with E-state index in [4.69, 9.17) is 5.73 Å². The highest BCUT2D eigenvalue weighted by atomic mass is 32.2. The van der Waals surface area contributed by atoms with Crippen molar-refractivity contribution in [1.29, 1.82) is 0 Å². The molecule has 4 N–H and O–H groups in total. The van der Waals surface area contributed by atoms with Gasteiger partial charge in [-0.3, -0.25) is 9.59 Å². The average Bonchev–Trinajstić information content (AvgIpc) is 2.96. The molecule has 0 fully saturated rings. The first kappa shape index (κ1) is 28.5. The van der Waals surface area contributed by atoms with Crippen LogP contribution in [0.3, 0.4) is 0 Å². The molecule has 0 atom stereocenters. The molecule has 0 bridgehead atoms. The summed E-state index contributed by atoms with van der Waals surface area (Å²) in [5, 5.41) is 5.59.